The molecule has 1 aliphatic rings. The third-order valence-corrected chi connectivity index (χ3v) is 3.62. The van der Waals surface area contributed by atoms with Crippen LogP contribution >= 0.6 is 0 Å². The molecular formula is C16H21N3O. The highest BCUT2D eigenvalue weighted by Gasteiger charge is 2.27. The molecule has 2 rings (SSSR count). The van der Waals surface area contributed by atoms with Gasteiger partial charge in [0.15, 0.2) is 0 Å². The molecule has 1 saturated carbocycles. The predicted molar refractivity (Wildman–Crippen MR) is 79.3 cm³/mol. The smallest absolute Gasteiger partial charge is 0.224 e. The molecular weight excluding hydrogens is 250 g/mol. The minimum Gasteiger partial charge on any atom is -0.326 e. The Morgan fingerprint density at radius 3 is 2.65 bits per heavy atom. The van der Waals surface area contributed by atoms with Crippen molar-refractivity contribution in [2.75, 3.05) is 18.4 Å². The second-order valence-corrected chi connectivity index (χ2v) is 5.20. The van der Waals surface area contributed by atoms with Gasteiger partial charge in [-0.25, -0.2) is 0 Å². The van der Waals surface area contributed by atoms with Crippen molar-refractivity contribution < 1.29 is 4.79 Å². The fraction of sp³-hybridized carbons (Fsp3) is 0.500. The predicted octanol–water partition coefficient (Wildman–Crippen LogP) is 2.76. The summed E-state index contributed by atoms with van der Waals surface area (Å²) in [6.07, 6.45) is 4.06. The summed E-state index contributed by atoms with van der Waals surface area (Å²) in [6, 6.07) is 9.77. The first-order valence-electron chi connectivity index (χ1n) is 7.27. The summed E-state index contributed by atoms with van der Waals surface area (Å²) in [7, 11) is 0. The Balaban J connectivity index is 1.70. The molecule has 1 aromatic carbocycles. The van der Waals surface area contributed by atoms with E-state index in [0.29, 0.717) is 12.0 Å². The number of anilines is 1. The summed E-state index contributed by atoms with van der Waals surface area (Å²) < 4.78 is 0. The second kappa shape index (κ2) is 7.06. The summed E-state index contributed by atoms with van der Waals surface area (Å²) in [4.78, 5) is 14.3. The van der Waals surface area contributed by atoms with Crippen LogP contribution in [0.25, 0.3) is 0 Å². The third kappa shape index (κ3) is 4.36. The number of carbonyl (C=O) groups is 1. The molecule has 0 aliphatic heterocycles. The normalized spacial score (nSPS) is 14.1. The van der Waals surface area contributed by atoms with E-state index in [0.717, 1.165) is 31.2 Å². The van der Waals surface area contributed by atoms with Crippen molar-refractivity contribution in [2.45, 2.75) is 38.6 Å². The van der Waals surface area contributed by atoms with Crippen LogP contribution in [0.4, 0.5) is 5.69 Å². The van der Waals surface area contributed by atoms with Gasteiger partial charge in [-0.1, -0.05) is 6.92 Å². The van der Waals surface area contributed by atoms with Crippen molar-refractivity contribution in [1.29, 1.82) is 5.26 Å². The van der Waals surface area contributed by atoms with Crippen LogP contribution in [0, 0.1) is 11.3 Å². The fourth-order valence-corrected chi connectivity index (χ4v) is 2.33. The van der Waals surface area contributed by atoms with Crippen LogP contribution in [0.5, 0.6) is 0 Å². The maximum absolute atomic E-state index is 11.8. The summed E-state index contributed by atoms with van der Waals surface area (Å²) >= 11 is 0. The number of nitriles is 1. The lowest BCUT2D eigenvalue weighted by Gasteiger charge is -2.19. The fourth-order valence-electron chi connectivity index (χ4n) is 2.33. The largest absolute Gasteiger partial charge is 0.326 e. The van der Waals surface area contributed by atoms with E-state index in [1.54, 1.807) is 24.3 Å². The number of amides is 1. The van der Waals surface area contributed by atoms with Gasteiger partial charge in [0.05, 0.1) is 11.6 Å². The van der Waals surface area contributed by atoms with Gasteiger partial charge in [0.1, 0.15) is 0 Å². The van der Waals surface area contributed by atoms with Crippen molar-refractivity contribution in [3.05, 3.63) is 29.8 Å². The number of hydrogen-bond acceptors (Lipinski definition) is 3. The molecule has 1 amide bonds. The highest BCUT2D eigenvalue weighted by molar-refractivity contribution is 5.90. The standard InChI is InChI=1S/C16H21N3O/c1-2-19(15-9-10-15)11-3-4-16(20)18-14-7-5-13(12-17)6-8-14/h5-8,15H,2-4,9-11H2,1H3,(H,18,20). The number of benzene rings is 1. The van der Waals surface area contributed by atoms with E-state index >= 15 is 0 Å². The number of hydrogen-bond donors (Lipinski definition) is 1. The Kier molecular flexibility index (Phi) is 5.14. The van der Waals surface area contributed by atoms with Crippen LogP contribution in [0.3, 0.4) is 0 Å². The Morgan fingerprint density at radius 1 is 1.40 bits per heavy atom. The topological polar surface area (TPSA) is 56.1 Å². The van der Waals surface area contributed by atoms with E-state index in [1.807, 2.05) is 0 Å². The zero-order valence-electron chi connectivity index (χ0n) is 11.9. The first-order valence-corrected chi connectivity index (χ1v) is 7.27. The first-order chi connectivity index (χ1) is 9.72. The summed E-state index contributed by atoms with van der Waals surface area (Å²) in [5, 5.41) is 11.6. The molecule has 0 unspecified atom stereocenters. The van der Waals surface area contributed by atoms with Gasteiger partial charge in [0, 0.05) is 18.2 Å². The third-order valence-electron chi connectivity index (χ3n) is 3.62. The molecule has 20 heavy (non-hydrogen) atoms. The quantitative estimate of drug-likeness (QED) is 0.829. The lowest BCUT2D eigenvalue weighted by molar-refractivity contribution is -0.116. The van der Waals surface area contributed by atoms with Crippen LogP contribution in [-0.4, -0.2) is 29.9 Å². The molecule has 0 radical (unpaired) electrons. The maximum atomic E-state index is 11.8. The average molecular weight is 271 g/mol. The molecule has 4 heteroatoms. The molecule has 0 aromatic heterocycles. The summed E-state index contributed by atoms with van der Waals surface area (Å²) in [6.45, 7) is 4.25. The summed E-state index contributed by atoms with van der Waals surface area (Å²) in [5.41, 5.74) is 1.36. The number of carbonyl (C=O) groups excluding carboxylic acids is 1. The van der Waals surface area contributed by atoms with Gasteiger partial charge in [-0.05, 0) is 56.6 Å². The Bertz CT molecular complexity index is 485. The Morgan fingerprint density at radius 2 is 2.10 bits per heavy atom. The van der Waals surface area contributed by atoms with E-state index < -0.39 is 0 Å². The van der Waals surface area contributed by atoms with Crippen LogP contribution in [0.1, 0.15) is 38.2 Å². The van der Waals surface area contributed by atoms with Crippen LogP contribution in [0.15, 0.2) is 24.3 Å². The Labute approximate surface area is 120 Å². The van der Waals surface area contributed by atoms with Crippen molar-refractivity contribution in [3.8, 4) is 6.07 Å². The molecule has 0 atom stereocenters. The molecule has 1 N–H and O–H groups in total. The molecule has 0 bridgehead atoms. The zero-order chi connectivity index (χ0) is 14.4. The van der Waals surface area contributed by atoms with E-state index in [2.05, 4.69) is 23.2 Å². The molecule has 0 heterocycles. The minimum absolute atomic E-state index is 0.0431. The van der Waals surface area contributed by atoms with Crippen LogP contribution in [0.2, 0.25) is 0 Å². The van der Waals surface area contributed by atoms with E-state index in [1.165, 1.54) is 12.8 Å². The second-order valence-electron chi connectivity index (χ2n) is 5.20. The van der Waals surface area contributed by atoms with Crippen molar-refractivity contribution >= 4 is 11.6 Å². The SMILES string of the molecule is CCN(CCCC(=O)Nc1ccc(C#N)cc1)C1CC1. The lowest BCUT2D eigenvalue weighted by Crippen LogP contribution is -2.27. The van der Waals surface area contributed by atoms with Gasteiger partial charge in [0.2, 0.25) is 5.91 Å². The molecule has 0 saturated heterocycles. The molecule has 106 valence electrons. The molecule has 1 fully saturated rings. The van der Waals surface area contributed by atoms with E-state index in [-0.39, 0.29) is 5.91 Å². The Hall–Kier alpha value is -1.86. The van der Waals surface area contributed by atoms with Crippen molar-refractivity contribution in [1.82, 2.24) is 4.90 Å². The minimum atomic E-state index is 0.0431. The van der Waals surface area contributed by atoms with Gasteiger partial charge in [0.25, 0.3) is 0 Å². The molecule has 4 nitrogen and oxygen atoms in total. The molecule has 1 aromatic rings. The van der Waals surface area contributed by atoms with Crippen LogP contribution < -0.4 is 5.32 Å². The highest BCUT2D eigenvalue weighted by Crippen LogP contribution is 2.26. The van der Waals surface area contributed by atoms with Crippen LogP contribution in [-0.2, 0) is 4.79 Å². The number of nitrogens with zero attached hydrogens (tertiary/aromatic N) is 2. The van der Waals surface area contributed by atoms with Gasteiger partial charge in [-0.2, -0.15) is 5.26 Å². The van der Waals surface area contributed by atoms with Gasteiger partial charge < -0.3 is 10.2 Å². The molecule has 0 spiro atoms. The van der Waals surface area contributed by atoms with Gasteiger partial charge in [-0.15, -0.1) is 0 Å². The van der Waals surface area contributed by atoms with E-state index in [9.17, 15) is 4.79 Å². The van der Waals surface area contributed by atoms with Gasteiger partial charge >= 0.3 is 0 Å². The lowest BCUT2D eigenvalue weighted by atomic mass is 10.2. The number of rotatable bonds is 7. The zero-order valence-corrected chi connectivity index (χ0v) is 11.9. The monoisotopic (exact) mass is 271 g/mol. The maximum Gasteiger partial charge on any atom is 0.224 e. The highest BCUT2D eigenvalue weighted by atomic mass is 16.1. The van der Waals surface area contributed by atoms with Crippen molar-refractivity contribution in [2.24, 2.45) is 0 Å². The first kappa shape index (κ1) is 14.5. The number of nitrogens with one attached hydrogen (secondary N) is 1. The van der Waals surface area contributed by atoms with Crippen molar-refractivity contribution in [3.63, 3.8) is 0 Å². The average Bonchev–Trinajstić information content (AvgIpc) is 3.29. The summed E-state index contributed by atoms with van der Waals surface area (Å²) in [5.74, 6) is 0.0431. The van der Waals surface area contributed by atoms with E-state index in [4.69, 9.17) is 5.26 Å². The molecule has 1 aliphatic carbocycles. The van der Waals surface area contributed by atoms with Gasteiger partial charge in [-0.3, -0.25) is 4.79 Å².